The van der Waals surface area contributed by atoms with E-state index in [0.717, 1.165) is 23.4 Å². The normalized spacial score (nSPS) is 38.4. The maximum absolute atomic E-state index is 11.2. The van der Waals surface area contributed by atoms with Crippen molar-refractivity contribution in [3.05, 3.63) is 21.5 Å². The lowest BCUT2D eigenvalue weighted by molar-refractivity contribution is -0.386. The van der Waals surface area contributed by atoms with Crippen LogP contribution in [0.25, 0.3) is 0 Å². The Labute approximate surface area is 118 Å². The first-order valence-corrected chi connectivity index (χ1v) is 7.69. The van der Waals surface area contributed by atoms with Crippen molar-refractivity contribution in [2.24, 2.45) is 17.8 Å². The quantitative estimate of drug-likeness (QED) is 0.614. The third-order valence-corrected chi connectivity index (χ3v) is 5.89. The van der Waals surface area contributed by atoms with Gasteiger partial charge in [0.15, 0.2) is 0 Å². The van der Waals surface area contributed by atoms with Gasteiger partial charge in [-0.1, -0.05) is 0 Å². The summed E-state index contributed by atoms with van der Waals surface area (Å²) in [5.74, 6) is 2.47. The zero-order chi connectivity index (χ0) is 14.1. The predicted octanol–water partition coefficient (Wildman–Crippen LogP) is 3.33. The van der Waals surface area contributed by atoms with Crippen LogP contribution < -0.4 is 0 Å². The second-order valence-corrected chi connectivity index (χ2v) is 7.33. The minimum absolute atomic E-state index is 0.0812. The van der Waals surface area contributed by atoms with Crippen LogP contribution in [0.3, 0.4) is 0 Å². The highest BCUT2D eigenvalue weighted by Gasteiger charge is 2.53. The van der Waals surface area contributed by atoms with Gasteiger partial charge in [-0.3, -0.25) is 14.8 Å². The lowest BCUT2D eigenvalue weighted by atomic mass is 9.53. The number of rotatable bonds is 2. The van der Waals surface area contributed by atoms with Crippen LogP contribution in [0.15, 0.2) is 0 Å². The zero-order valence-corrected chi connectivity index (χ0v) is 12.1. The summed E-state index contributed by atoms with van der Waals surface area (Å²) in [5, 5.41) is 15.8. The van der Waals surface area contributed by atoms with Crippen molar-refractivity contribution in [1.29, 1.82) is 0 Å². The molecule has 0 radical (unpaired) electrons. The summed E-state index contributed by atoms with van der Waals surface area (Å²) in [7, 11) is 0. The van der Waals surface area contributed by atoms with Crippen molar-refractivity contribution >= 4 is 5.69 Å². The average Bonchev–Trinajstić information content (AvgIpc) is 2.63. The summed E-state index contributed by atoms with van der Waals surface area (Å²) in [4.78, 5) is 11.0. The molecule has 20 heavy (non-hydrogen) atoms. The van der Waals surface area contributed by atoms with Crippen LogP contribution in [0, 0.1) is 41.7 Å². The summed E-state index contributed by atoms with van der Waals surface area (Å²) in [6, 6.07) is 0. The van der Waals surface area contributed by atoms with Gasteiger partial charge in [-0.2, -0.15) is 5.10 Å². The molecule has 0 atom stereocenters. The molecule has 5 heteroatoms. The fourth-order valence-corrected chi connectivity index (χ4v) is 5.68. The largest absolute Gasteiger partial charge is 0.312 e. The van der Waals surface area contributed by atoms with Crippen molar-refractivity contribution in [3.8, 4) is 0 Å². The molecule has 4 saturated carbocycles. The molecule has 4 bridgehead atoms. The molecule has 0 N–H and O–H groups in total. The Morgan fingerprint density at radius 2 is 1.65 bits per heavy atom. The van der Waals surface area contributed by atoms with Gasteiger partial charge in [-0.05, 0) is 70.1 Å². The van der Waals surface area contributed by atoms with Gasteiger partial charge in [0, 0.05) is 0 Å². The molecule has 0 aliphatic heterocycles. The van der Waals surface area contributed by atoms with Crippen LogP contribution in [0.2, 0.25) is 0 Å². The van der Waals surface area contributed by atoms with Crippen molar-refractivity contribution < 1.29 is 4.92 Å². The number of hydrogen-bond acceptors (Lipinski definition) is 3. The van der Waals surface area contributed by atoms with E-state index in [-0.39, 0.29) is 16.1 Å². The van der Waals surface area contributed by atoms with E-state index in [9.17, 15) is 10.1 Å². The van der Waals surface area contributed by atoms with Crippen LogP contribution in [0.5, 0.6) is 0 Å². The summed E-state index contributed by atoms with van der Waals surface area (Å²) >= 11 is 0. The van der Waals surface area contributed by atoms with Gasteiger partial charge in [0.25, 0.3) is 0 Å². The highest BCUT2D eigenvalue weighted by molar-refractivity contribution is 5.40. The SMILES string of the molecule is Cc1nn(C23CC4CC(CC(C4)C2)C3)c(C)c1[N+](=O)[O-]. The molecule has 4 fully saturated rings. The fraction of sp³-hybridized carbons (Fsp3) is 0.800. The standard InChI is InChI=1S/C15H21N3O2/c1-9-14(18(19)20)10(2)17(16-9)15-6-11-3-12(7-15)5-13(4-11)8-15/h11-13H,3-8H2,1-2H3. The number of aromatic nitrogens is 2. The molecule has 4 aliphatic rings. The number of nitrogens with zero attached hydrogens (tertiary/aromatic N) is 3. The Hall–Kier alpha value is -1.39. The smallest absolute Gasteiger partial charge is 0.258 e. The Morgan fingerprint density at radius 3 is 2.05 bits per heavy atom. The molecule has 108 valence electrons. The topological polar surface area (TPSA) is 61.0 Å². The third kappa shape index (κ3) is 1.52. The first-order chi connectivity index (χ1) is 9.48. The van der Waals surface area contributed by atoms with Crippen molar-refractivity contribution in [3.63, 3.8) is 0 Å². The van der Waals surface area contributed by atoms with E-state index < -0.39 is 0 Å². The Kier molecular flexibility index (Phi) is 2.37. The molecule has 5 nitrogen and oxygen atoms in total. The van der Waals surface area contributed by atoms with Gasteiger partial charge in [-0.15, -0.1) is 0 Å². The summed E-state index contributed by atoms with van der Waals surface area (Å²) in [5.41, 5.74) is 1.64. The molecule has 1 aromatic heterocycles. The van der Waals surface area contributed by atoms with Gasteiger partial charge in [0.05, 0.1) is 10.5 Å². The molecule has 5 rings (SSSR count). The highest BCUT2D eigenvalue weighted by Crippen LogP contribution is 2.59. The molecule has 0 unspecified atom stereocenters. The average molecular weight is 275 g/mol. The van der Waals surface area contributed by atoms with Crippen molar-refractivity contribution in [1.82, 2.24) is 9.78 Å². The van der Waals surface area contributed by atoms with Crippen LogP contribution in [-0.2, 0) is 5.54 Å². The number of aryl methyl sites for hydroxylation is 1. The first-order valence-electron chi connectivity index (χ1n) is 7.69. The molecular weight excluding hydrogens is 254 g/mol. The Morgan fingerprint density at radius 1 is 1.15 bits per heavy atom. The third-order valence-electron chi connectivity index (χ3n) is 5.89. The number of hydrogen-bond donors (Lipinski definition) is 0. The highest BCUT2D eigenvalue weighted by atomic mass is 16.6. The lowest BCUT2D eigenvalue weighted by Gasteiger charge is -2.56. The van der Waals surface area contributed by atoms with Crippen molar-refractivity contribution in [2.45, 2.75) is 57.9 Å². The van der Waals surface area contributed by atoms with E-state index in [4.69, 9.17) is 0 Å². The van der Waals surface area contributed by atoms with Gasteiger partial charge in [0.1, 0.15) is 11.4 Å². The van der Waals surface area contributed by atoms with Crippen LogP contribution in [0.4, 0.5) is 5.69 Å². The molecule has 1 heterocycles. The Balaban J connectivity index is 1.81. The molecule has 0 saturated heterocycles. The van der Waals surface area contributed by atoms with E-state index in [0.29, 0.717) is 5.69 Å². The minimum atomic E-state index is -0.269. The maximum Gasteiger partial charge on any atom is 0.312 e. The molecule has 0 spiro atoms. The van der Waals surface area contributed by atoms with Gasteiger partial charge >= 0.3 is 5.69 Å². The summed E-state index contributed by atoms with van der Waals surface area (Å²) < 4.78 is 2.05. The van der Waals surface area contributed by atoms with Gasteiger partial charge in [0.2, 0.25) is 0 Å². The van der Waals surface area contributed by atoms with Gasteiger partial charge < -0.3 is 0 Å². The van der Waals surface area contributed by atoms with Crippen molar-refractivity contribution in [2.75, 3.05) is 0 Å². The van der Waals surface area contributed by atoms with E-state index in [1.807, 2.05) is 11.6 Å². The van der Waals surface area contributed by atoms with E-state index in [1.165, 1.54) is 38.5 Å². The lowest BCUT2D eigenvalue weighted by Crippen LogP contribution is -2.52. The van der Waals surface area contributed by atoms with Crippen LogP contribution in [0.1, 0.15) is 49.9 Å². The predicted molar refractivity (Wildman–Crippen MR) is 74.5 cm³/mol. The summed E-state index contributed by atoms with van der Waals surface area (Å²) in [6.45, 7) is 3.64. The molecule has 4 aliphatic carbocycles. The van der Waals surface area contributed by atoms with E-state index in [2.05, 4.69) is 5.10 Å². The monoisotopic (exact) mass is 275 g/mol. The summed E-state index contributed by atoms with van der Waals surface area (Å²) in [6.07, 6.45) is 7.66. The first kappa shape index (κ1) is 12.4. The zero-order valence-electron chi connectivity index (χ0n) is 12.1. The van der Waals surface area contributed by atoms with Crippen LogP contribution in [-0.4, -0.2) is 14.7 Å². The Bertz CT molecular complexity index is 555. The minimum Gasteiger partial charge on any atom is -0.258 e. The van der Waals surface area contributed by atoms with Gasteiger partial charge in [-0.25, -0.2) is 0 Å². The fourth-order valence-electron chi connectivity index (χ4n) is 5.68. The van der Waals surface area contributed by atoms with E-state index >= 15 is 0 Å². The maximum atomic E-state index is 11.2. The molecule has 1 aromatic rings. The van der Waals surface area contributed by atoms with Crippen LogP contribution >= 0.6 is 0 Å². The molecule has 0 aromatic carbocycles. The second kappa shape index (κ2) is 3.83. The molecule has 0 amide bonds. The molecular formula is C15H21N3O2. The second-order valence-electron chi connectivity index (χ2n) is 7.33. The van der Waals surface area contributed by atoms with E-state index in [1.54, 1.807) is 6.92 Å². The number of nitro groups is 1.